The molecule has 0 aliphatic rings. The third-order valence-corrected chi connectivity index (χ3v) is 4.32. The average Bonchev–Trinajstić information content (AvgIpc) is 2.59. The van der Waals surface area contributed by atoms with Gasteiger partial charge in [-0.3, -0.25) is 10.1 Å². The predicted octanol–water partition coefficient (Wildman–Crippen LogP) is 3.77. The molecule has 0 amide bonds. The summed E-state index contributed by atoms with van der Waals surface area (Å²) in [5, 5.41) is 12.1. The van der Waals surface area contributed by atoms with E-state index < -0.39 is 4.92 Å². The summed E-state index contributed by atoms with van der Waals surface area (Å²) in [6.45, 7) is 0. The van der Waals surface area contributed by atoms with Gasteiger partial charge in [0.25, 0.3) is 5.69 Å². The van der Waals surface area contributed by atoms with Gasteiger partial charge >= 0.3 is 0 Å². The second-order valence-electron chi connectivity index (χ2n) is 4.99. The number of fused-ring (bicyclic) bond motifs is 1. The van der Waals surface area contributed by atoms with Gasteiger partial charge in [-0.25, -0.2) is 4.98 Å². The number of nitrogens with zero attached hydrogens (tertiary/aromatic N) is 2. The summed E-state index contributed by atoms with van der Waals surface area (Å²) in [5.74, 6) is 1.01. The maximum Gasteiger partial charge on any atom is 0.296 e. The van der Waals surface area contributed by atoms with Crippen molar-refractivity contribution in [3.63, 3.8) is 0 Å². The molecule has 25 heavy (non-hydrogen) atoms. The molecule has 0 fully saturated rings. The van der Waals surface area contributed by atoms with E-state index in [4.69, 9.17) is 9.47 Å². The normalized spacial score (nSPS) is 10.2. The van der Waals surface area contributed by atoms with Crippen molar-refractivity contribution in [1.82, 2.24) is 4.98 Å². The van der Waals surface area contributed by atoms with E-state index in [-0.39, 0.29) is 11.2 Å². The number of nitro groups is 1. The highest BCUT2D eigenvalue weighted by Gasteiger charge is 2.21. The Morgan fingerprint density at radius 2 is 1.72 bits per heavy atom. The largest absolute Gasteiger partial charge is 0.493 e. The van der Waals surface area contributed by atoms with Crippen LogP contribution in [0.3, 0.4) is 0 Å². The van der Waals surface area contributed by atoms with Gasteiger partial charge < -0.3 is 14.9 Å². The monoisotopic (exact) mass is 406 g/mol. The SMILES string of the molecule is COc1cc2cc([N+](=O)[O-])c(-c3ccccc3Br)nc2cc1OC.O. The molecule has 0 aliphatic heterocycles. The lowest BCUT2D eigenvalue weighted by Gasteiger charge is -2.11. The summed E-state index contributed by atoms with van der Waals surface area (Å²) in [4.78, 5) is 15.6. The van der Waals surface area contributed by atoms with Gasteiger partial charge in [-0.1, -0.05) is 34.1 Å². The van der Waals surface area contributed by atoms with Crippen molar-refractivity contribution >= 4 is 32.5 Å². The zero-order chi connectivity index (χ0) is 17.3. The van der Waals surface area contributed by atoms with Crippen molar-refractivity contribution in [2.75, 3.05) is 14.2 Å². The number of halogens is 1. The first-order valence-corrected chi connectivity index (χ1v) is 7.80. The zero-order valence-electron chi connectivity index (χ0n) is 13.4. The first-order valence-electron chi connectivity index (χ1n) is 7.01. The standard InChI is InChI=1S/C17H13BrN2O4.H2O/c1-23-15-8-10-7-14(20(21)22)17(11-5-3-4-6-12(11)18)19-13(10)9-16(15)24-2;/h3-9H,1-2H3;1H2. The van der Waals surface area contributed by atoms with E-state index in [9.17, 15) is 10.1 Å². The Morgan fingerprint density at radius 1 is 1.08 bits per heavy atom. The van der Waals surface area contributed by atoms with Crippen molar-refractivity contribution in [1.29, 1.82) is 0 Å². The molecule has 0 spiro atoms. The number of methoxy groups -OCH3 is 2. The molecule has 3 aromatic rings. The molecule has 2 N–H and O–H groups in total. The number of hydrogen-bond acceptors (Lipinski definition) is 5. The van der Waals surface area contributed by atoms with Gasteiger partial charge in [0.15, 0.2) is 11.5 Å². The van der Waals surface area contributed by atoms with Crippen LogP contribution in [-0.4, -0.2) is 29.6 Å². The number of hydrogen-bond donors (Lipinski definition) is 0. The van der Waals surface area contributed by atoms with E-state index in [1.165, 1.54) is 20.3 Å². The summed E-state index contributed by atoms with van der Waals surface area (Å²) in [7, 11) is 3.05. The highest BCUT2D eigenvalue weighted by molar-refractivity contribution is 9.10. The minimum absolute atomic E-state index is 0. The summed E-state index contributed by atoms with van der Waals surface area (Å²) in [6.07, 6.45) is 0. The van der Waals surface area contributed by atoms with Crippen LogP contribution in [0.4, 0.5) is 5.69 Å². The minimum Gasteiger partial charge on any atom is -0.493 e. The van der Waals surface area contributed by atoms with Gasteiger partial charge in [-0.15, -0.1) is 0 Å². The van der Waals surface area contributed by atoms with Crippen molar-refractivity contribution in [3.8, 4) is 22.8 Å². The molecule has 0 saturated carbocycles. The Kier molecular flexibility index (Phi) is 5.55. The molecule has 1 aromatic heterocycles. The smallest absolute Gasteiger partial charge is 0.296 e. The van der Waals surface area contributed by atoms with Crippen LogP contribution >= 0.6 is 15.9 Å². The second kappa shape index (κ2) is 7.45. The van der Waals surface area contributed by atoms with E-state index in [1.807, 2.05) is 18.2 Å². The van der Waals surface area contributed by atoms with Crippen molar-refractivity contribution in [2.45, 2.75) is 0 Å². The van der Waals surface area contributed by atoms with Crippen LogP contribution in [0.15, 0.2) is 46.9 Å². The van der Waals surface area contributed by atoms with E-state index in [0.717, 1.165) is 4.47 Å². The molecule has 2 aromatic carbocycles. The van der Waals surface area contributed by atoms with Crippen molar-refractivity contribution in [3.05, 3.63) is 57.1 Å². The van der Waals surface area contributed by atoms with Gasteiger partial charge in [-0.2, -0.15) is 0 Å². The molecule has 130 valence electrons. The number of ether oxygens (including phenoxy) is 2. The van der Waals surface area contributed by atoms with Crippen LogP contribution in [0.2, 0.25) is 0 Å². The lowest BCUT2D eigenvalue weighted by atomic mass is 10.1. The highest BCUT2D eigenvalue weighted by Crippen LogP contribution is 2.38. The summed E-state index contributed by atoms with van der Waals surface area (Å²) in [6, 6.07) is 12.1. The number of rotatable bonds is 4. The zero-order valence-corrected chi connectivity index (χ0v) is 15.0. The molecule has 0 aliphatic carbocycles. The van der Waals surface area contributed by atoms with E-state index in [0.29, 0.717) is 33.7 Å². The van der Waals surface area contributed by atoms with E-state index in [1.54, 1.807) is 18.2 Å². The number of benzene rings is 2. The Balaban J connectivity index is 0.00000225. The van der Waals surface area contributed by atoms with Crippen molar-refractivity contribution in [2.24, 2.45) is 0 Å². The van der Waals surface area contributed by atoms with Gasteiger partial charge in [0.1, 0.15) is 5.69 Å². The van der Waals surface area contributed by atoms with Crippen LogP contribution in [0.25, 0.3) is 22.2 Å². The third-order valence-electron chi connectivity index (χ3n) is 3.63. The molecule has 0 saturated heterocycles. The topological polar surface area (TPSA) is 106 Å². The molecule has 8 heteroatoms. The van der Waals surface area contributed by atoms with Gasteiger partial charge in [-0.05, 0) is 12.1 Å². The summed E-state index contributed by atoms with van der Waals surface area (Å²) in [5.41, 5.74) is 1.47. The fourth-order valence-corrected chi connectivity index (χ4v) is 2.95. The Morgan fingerprint density at radius 3 is 2.32 bits per heavy atom. The fraction of sp³-hybridized carbons (Fsp3) is 0.118. The molecule has 0 radical (unpaired) electrons. The Labute approximate surface area is 151 Å². The quantitative estimate of drug-likeness (QED) is 0.484. The molecule has 3 rings (SSSR count). The van der Waals surface area contributed by atoms with Crippen molar-refractivity contribution < 1.29 is 19.9 Å². The first-order chi connectivity index (χ1) is 11.5. The van der Waals surface area contributed by atoms with Crippen LogP contribution in [-0.2, 0) is 0 Å². The molecule has 0 bridgehead atoms. The van der Waals surface area contributed by atoms with Gasteiger partial charge in [0.05, 0.1) is 24.7 Å². The average molecular weight is 407 g/mol. The summed E-state index contributed by atoms with van der Waals surface area (Å²) < 4.78 is 11.3. The second-order valence-corrected chi connectivity index (χ2v) is 5.85. The molecular formula is C17H15BrN2O5. The van der Waals surface area contributed by atoms with Crippen LogP contribution < -0.4 is 9.47 Å². The minimum atomic E-state index is -0.433. The lowest BCUT2D eigenvalue weighted by Crippen LogP contribution is -1.98. The third kappa shape index (κ3) is 3.40. The van der Waals surface area contributed by atoms with E-state index >= 15 is 0 Å². The maximum absolute atomic E-state index is 11.5. The molecule has 7 nitrogen and oxygen atoms in total. The molecule has 0 atom stereocenters. The number of aromatic nitrogens is 1. The summed E-state index contributed by atoms with van der Waals surface area (Å²) >= 11 is 3.42. The Bertz CT molecular complexity index is 946. The molecule has 1 heterocycles. The highest BCUT2D eigenvalue weighted by atomic mass is 79.9. The first kappa shape index (κ1) is 18.6. The van der Waals surface area contributed by atoms with Crippen LogP contribution in [0.5, 0.6) is 11.5 Å². The maximum atomic E-state index is 11.5. The predicted molar refractivity (Wildman–Crippen MR) is 98.3 cm³/mol. The van der Waals surface area contributed by atoms with Gasteiger partial charge in [0, 0.05) is 27.6 Å². The fourth-order valence-electron chi connectivity index (χ4n) is 2.48. The number of pyridine rings is 1. The Hall–Kier alpha value is -2.71. The lowest BCUT2D eigenvalue weighted by molar-refractivity contribution is -0.384. The van der Waals surface area contributed by atoms with E-state index in [2.05, 4.69) is 20.9 Å². The van der Waals surface area contributed by atoms with Crippen LogP contribution in [0, 0.1) is 10.1 Å². The molecular weight excluding hydrogens is 392 g/mol. The van der Waals surface area contributed by atoms with Crippen LogP contribution in [0.1, 0.15) is 0 Å². The van der Waals surface area contributed by atoms with Gasteiger partial charge in [0.2, 0.25) is 0 Å². The molecule has 0 unspecified atom stereocenters.